The van der Waals surface area contributed by atoms with E-state index in [0.29, 0.717) is 6.04 Å². The number of hydrogen-bond donors (Lipinski definition) is 1. The average molecular weight is 251 g/mol. The lowest BCUT2D eigenvalue weighted by molar-refractivity contribution is -0.138. The SMILES string of the molecule is CC(c1ccnn1C)N1CCCC(CC(=O)O)C1. The number of carboxylic acids is 1. The standard InChI is InChI=1S/C13H21N3O2/c1-10(12-5-6-14-15(12)2)16-7-3-4-11(9-16)8-13(17)18/h5-6,10-11H,3-4,7-9H2,1-2H3,(H,17,18). The summed E-state index contributed by atoms with van der Waals surface area (Å²) in [5.41, 5.74) is 1.19. The molecule has 1 fully saturated rings. The second-order valence-corrected chi connectivity index (χ2v) is 5.16. The van der Waals surface area contributed by atoms with Crippen LogP contribution in [-0.2, 0) is 11.8 Å². The molecule has 2 unspecified atom stereocenters. The zero-order valence-electron chi connectivity index (χ0n) is 11.0. The van der Waals surface area contributed by atoms with E-state index in [1.165, 1.54) is 5.69 Å². The minimum absolute atomic E-state index is 0.284. The quantitative estimate of drug-likeness (QED) is 0.884. The third-order valence-corrected chi connectivity index (χ3v) is 3.85. The van der Waals surface area contributed by atoms with Gasteiger partial charge >= 0.3 is 5.97 Å². The van der Waals surface area contributed by atoms with Crippen LogP contribution in [0.25, 0.3) is 0 Å². The van der Waals surface area contributed by atoms with Crippen molar-refractivity contribution in [1.82, 2.24) is 14.7 Å². The van der Waals surface area contributed by atoms with Crippen LogP contribution in [0.4, 0.5) is 0 Å². The predicted molar refractivity (Wildman–Crippen MR) is 68.2 cm³/mol. The molecular formula is C13H21N3O2. The average Bonchev–Trinajstić information content (AvgIpc) is 2.74. The largest absolute Gasteiger partial charge is 0.481 e. The number of nitrogens with zero attached hydrogens (tertiary/aromatic N) is 3. The Labute approximate surface area is 107 Å². The van der Waals surface area contributed by atoms with E-state index in [0.717, 1.165) is 25.9 Å². The third kappa shape index (κ3) is 2.90. The number of rotatable bonds is 4. The van der Waals surface area contributed by atoms with E-state index in [4.69, 9.17) is 5.11 Å². The zero-order valence-corrected chi connectivity index (χ0v) is 11.0. The van der Waals surface area contributed by atoms with Crippen LogP contribution in [0.15, 0.2) is 12.3 Å². The van der Waals surface area contributed by atoms with Crippen molar-refractivity contribution in [2.75, 3.05) is 13.1 Å². The number of piperidine rings is 1. The maximum absolute atomic E-state index is 10.8. The molecule has 1 N–H and O–H groups in total. The Morgan fingerprint density at radius 3 is 3.06 bits per heavy atom. The summed E-state index contributed by atoms with van der Waals surface area (Å²) in [6.07, 6.45) is 4.21. The first-order valence-corrected chi connectivity index (χ1v) is 6.51. The van der Waals surface area contributed by atoms with E-state index in [1.54, 1.807) is 0 Å². The van der Waals surface area contributed by atoms with E-state index in [9.17, 15) is 4.79 Å². The Morgan fingerprint density at radius 2 is 2.44 bits per heavy atom. The van der Waals surface area contributed by atoms with Crippen LogP contribution in [-0.4, -0.2) is 38.8 Å². The number of aromatic nitrogens is 2. The Kier molecular flexibility index (Phi) is 4.01. The summed E-state index contributed by atoms with van der Waals surface area (Å²) < 4.78 is 1.89. The highest BCUT2D eigenvalue weighted by Gasteiger charge is 2.26. The summed E-state index contributed by atoms with van der Waals surface area (Å²) in [5, 5.41) is 13.1. The van der Waals surface area contributed by atoms with Crippen LogP contribution in [0.1, 0.15) is 37.9 Å². The second kappa shape index (κ2) is 5.52. The van der Waals surface area contributed by atoms with Crippen LogP contribution in [0.5, 0.6) is 0 Å². The molecule has 0 bridgehead atoms. The van der Waals surface area contributed by atoms with Gasteiger partial charge in [-0.15, -0.1) is 0 Å². The van der Waals surface area contributed by atoms with Gasteiger partial charge in [-0.3, -0.25) is 14.4 Å². The molecule has 1 aromatic rings. The number of likely N-dealkylation sites (tertiary alicyclic amines) is 1. The van der Waals surface area contributed by atoms with Crippen LogP contribution in [0.2, 0.25) is 0 Å². The summed E-state index contributed by atoms with van der Waals surface area (Å²) in [5.74, 6) is -0.401. The number of carboxylic acid groups (broad SMARTS) is 1. The summed E-state index contributed by atoms with van der Waals surface area (Å²) >= 11 is 0. The van der Waals surface area contributed by atoms with E-state index in [1.807, 2.05) is 24.0 Å². The number of carbonyl (C=O) groups is 1. The first-order valence-electron chi connectivity index (χ1n) is 6.51. The van der Waals surface area contributed by atoms with E-state index in [-0.39, 0.29) is 12.3 Å². The van der Waals surface area contributed by atoms with Crippen molar-refractivity contribution in [2.45, 2.75) is 32.2 Å². The fraction of sp³-hybridized carbons (Fsp3) is 0.692. The lowest BCUT2D eigenvalue weighted by Crippen LogP contribution is -2.38. The molecule has 2 heterocycles. The first kappa shape index (κ1) is 13.1. The van der Waals surface area contributed by atoms with Gasteiger partial charge in [-0.25, -0.2) is 0 Å². The van der Waals surface area contributed by atoms with Crippen molar-refractivity contribution >= 4 is 5.97 Å². The Hall–Kier alpha value is -1.36. The number of aryl methyl sites for hydroxylation is 1. The van der Waals surface area contributed by atoms with Gasteiger partial charge in [0.2, 0.25) is 0 Å². The molecule has 1 aromatic heterocycles. The fourth-order valence-electron chi connectivity index (χ4n) is 2.84. The highest BCUT2D eigenvalue weighted by molar-refractivity contribution is 5.67. The van der Waals surface area contributed by atoms with Crippen molar-refractivity contribution in [2.24, 2.45) is 13.0 Å². The van der Waals surface area contributed by atoms with Crippen molar-refractivity contribution in [3.63, 3.8) is 0 Å². The molecule has 0 saturated carbocycles. The van der Waals surface area contributed by atoms with Gasteiger partial charge in [-0.2, -0.15) is 5.10 Å². The molecule has 0 radical (unpaired) electrons. The molecule has 1 aliphatic rings. The molecule has 100 valence electrons. The molecule has 1 saturated heterocycles. The minimum Gasteiger partial charge on any atom is -0.481 e. The fourth-order valence-corrected chi connectivity index (χ4v) is 2.84. The Bertz CT molecular complexity index is 416. The van der Waals surface area contributed by atoms with E-state index in [2.05, 4.69) is 16.9 Å². The van der Waals surface area contributed by atoms with Crippen molar-refractivity contribution in [3.8, 4) is 0 Å². The van der Waals surface area contributed by atoms with Crippen LogP contribution in [0.3, 0.4) is 0 Å². The second-order valence-electron chi connectivity index (χ2n) is 5.16. The van der Waals surface area contributed by atoms with Crippen LogP contribution in [0, 0.1) is 5.92 Å². The van der Waals surface area contributed by atoms with E-state index < -0.39 is 5.97 Å². The molecule has 18 heavy (non-hydrogen) atoms. The van der Waals surface area contributed by atoms with Crippen LogP contribution < -0.4 is 0 Å². The lowest BCUT2D eigenvalue weighted by atomic mass is 9.93. The van der Waals surface area contributed by atoms with Crippen molar-refractivity contribution in [3.05, 3.63) is 18.0 Å². The first-order chi connectivity index (χ1) is 8.58. The van der Waals surface area contributed by atoms with Gasteiger partial charge in [0, 0.05) is 32.3 Å². The molecule has 5 heteroatoms. The smallest absolute Gasteiger partial charge is 0.303 e. The summed E-state index contributed by atoms with van der Waals surface area (Å²) in [6.45, 7) is 4.08. The lowest BCUT2D eigenvalue weighted by Gasteiger charge is -2.36. The highest BCUT2D eigenvalue weighted by atomic mass is 16.4. The Balaban J connectivity index is 2.00. The third-order valence-electron chi connectivity index (χ3n) is 3.85. The van der Waals surface area contributed by atoms with Gasteiger partial charge < -0.3 is 5.11 Å². The van der Waals surface area contributed by atoms with Gasteiger partial charge in [-0.1, -0.05) is 0 Å². The molecule has 0 spiro atoms. The summed E-state index contributed by atoms with van der Waals surface area (Å²) in [7, 11) is 1.95. The number of hydrogen-bond acceptors (Lipinski definition) is 3. The van der Waals surface area contributed by atoms with Gasteiger partial charge in [0.25, 0.3) is 0 Å². The maximum atomic E-state index is 10.8. The van der Waals surface area contributed by atoms with Crippen LogP contribution >= 0.6 is 0 Å². The Morgan fingerprint density at radius 1 is 1.67 bits per heavy atom. The molecular weight excluding hydrogens is 230 g/mol. The van der Waals surface area contributed by atoms with Gasteiger partial charge in [0.05, 0.1) is 5.69 Å². The van der Waals surface area contributed by atoms with Gasteiger partial charge in [0.15, 0.2) is 0 Å². The maximum Gasteiger partial charge on any atom is 0.303 e. The topological polar surface area (TPSA) is 58.4 Å². The van der Waals surface area contributed by atoms with Crippen molar-refractivity contribution in [1.29, 1.82) is 0 Å². The normalized spacial score (nSPS) is 22.9. The highest BCUT2D eigenvalue weighted by Crippen LogP contribution is 2.27. The number of aliphatic carboxylic acids is 1. The molecule has 5 nitrogen and oxygen atoms in total. The minimum atomic E-state index is -0.685. The summed E-state index contributed by atoms with van der Waals surface area (Å²) in [4.78, 5) is 13.2. The van der Waals surface area contributed by atoms with Crippen molar-refractivity contribution < 1.29 is 9.90 Å². The molecule has 2 rings (SSSR count). The molecule has 0 amide bonds. The van der Waals surface area contributed by atoms with Gasteiger partial charge in [-0.05, 0) is 38.3 Å². The molecule has 1 aliphatic heterocycles. The molecule has 0 aliphatic carbocycles. The predicted octanol–water partition coefficient (Wildman–Crippen LogP) is 1.67. The van der Waals surface area contributed by atoms with E-state index >= 15 is 0 Å². The summed E-state index contributed by atoms with van der Waals surface area (Å²) in [6, 6.07) is 2.33. The molecule has 2 atom stereocenters. The van der Waals surface area contributed by atoms with Gasteiger partial charge in [0.1, 0.15) is 0 Å². The molecule has 0 aromatic carbocycles. The monoisotopic (exact) mass is 251 g/mol. The zero-order chi connectivity index (χ0) is 13.1.